The van der Waals surface area contributed by atoms with E-state index in [4.69, 9.17) is 9.52 Å². The van der Waals surface area contributed by atoms with Gasteiger partial charge in [-0.15, -0.1) is 0 Å². The van der Waals surface area contributed by atoms with Gasteiger partial charge in [-0.25, -0.2) is 9.78 Å². The van der Waals surface area contributed by atoms with Crippen LogP contribution >= 0.6 is 0 Å². The summed E-state index contributed by atoms with van der Waals surface area (Å²) in [7, 11) is 0. The van der Waals surface area contributed by atoms with E-state index in [9.17, 15) is 4.79 Å². The molecule has 1 fully saturated rings. The average Bonchev–Trinajstić information content (AvgIpc) is 2.61. The summed E-state index contributed by atoms with van der Waals surface area (Å²) in [5, 5.41) is 10.9. The van der Waals surface area contributed by atoms with E-state index in [1.54, 1.807) is 0 Å². The number of nitrogens with one attached hydrogen (secondary N) is 1. The van der Waals surface area contributed by atoms with Gasteiger partial charge in [0.15, 0.2) is 6.39 Å². The largest absolute Gasteiger partial charge is 0.465 e. The number of rotatable bonds is 2. The lowest BCUT2D eigenvalue weighted by Crippen LogP contribution is -2.33. The van der Waals surface area contributed by atoms with Crippen LogP contribution in [0.15, 0.2) is 17.1 Å². The van der Waals surface area contributed by atoms with Crippen LogP contribution in [-0.4, -0.2) is 16.2 Å². The second-order valence-corrected chi connectivity index (χ2v) is 2.89. The van der Waals surface area contributed by atoms with Gasteiger partial charge in [0.25, 0.3) is 0 Å². The molecule has 1 saturated carbocycles. The van der Waals surface area contributed by atoms with E-state index < -0.39 is 11.6 Å². The molecule has 1 heterocycles. The van der Waals surface area contributed by atoms with Gasteiger partial charge in [-0.2, -0.15) is 0 Å². The Bertz CT molecular complexity index is 290. The maximum Gasteiger partial charge on any atom is 0.405 e. The fourth-order valence-electron chi connectivity index (χ4n) is 1.22. The van der Waals surface area contributed by atoms with Crippen molar-refractivity contribution >= 4 is 6.09 Å². The third-order valence-corrected chi connectivity index (χ3v) is 2.02. The molecule has 0 unspecified atom stereocenters. The van der Waals surface area contributed by atoms with E-state index in [1.165, 1.54) is 12.7 Å². The monoisotopic (exact) mass is 168 g/mol. The topological polar surface area (TPSA) is 75.4 Å². The van der Waals surface area contributed by atoms with Gasteiger partial charge in [-0.1, -0.05) is 0 Å². The zero-order chi connectivity index (χ0) is 8.60. The van der Waals surface area contributed by atoms with E-state index in [-0.39, 0.29) is 0 Å². The summed E-state index contributed by atoms with van der Waals surface area (Å²) >= 11 is 0. The van der Waals surface area contributed by atoms with Gasteiger partial charge >= 0.3 is 6.09 Å². The van der Waals surface area contributed by atoms with Gasteiger partial charge in [0.05, 0.1) is 5.54 Å². The molecular weight excluding hydrogens is 160 g/mol. The minimum atomic E-state index is -1.02. The van der Waals surface area contributed by atoms with E-state index >= 15 is 0 Å². The smallest absolute Gasteiger partial charge is 0.405 e. The number of nitrogens with zero attached hydrogens (tertiary/aromatic N) is 1. The molecule has 0 aliphatic heterocycles. The highest BCUT2D eigenvalue weighted by Gasteiger charge is 2.48. The van der Waals surface area contributed by atoms with Gasteiger partial charge in [-0.05, 0) is 12.8 Å². The van der Waals surface area contributed by atoms with Crippen LogP contribution in [0.25, 0.3) is 0 Å². The van der Waals surface area contributed by atoms with Crippen molar-refractivity contribution < 1.29 is 14.3 Å². The molecule has 1 aromatic heterocycles. The number of aromatic nitrogens is 1. The van der Waals surface area contributed by atoms with Gasteiger partial charge in [0.2, 0.25) is 0 Å². The van der Waals surface area contributed by atoms with Gasteiger partial charge in [-0.3, -0.25) is 0 Å². The Morgan fingerprint density at radius 3 is 2.92 bits per heavy atom. The molecule has 0 atom stereocenters. The molecule has 0 bridgehead atoms. The molecular formula is C7H8N2O3. The minimum absolute atomic E-state index is 0.459. The van der Waals surface area contributed by atoms with Crippen LogP contribution in [0.5, 0.6) is 0 Å². The molecule has 1 aliphatic rings. The Balaban J connectivity index is 2.17. The summed E-state index contributed by atoms with van der Waals surface area (Å²) < 4.78 is 4.78. The molecule has 2 N–H and O–H groups in total. The molecule has 0 radical (unpaired) electrons. The summed E-state index contributed by atoms with van der Waals surface area (Å²) in [6.45, 7) is 0. The molecule has 5 nitrogen and oxygen atoms in total. The van der Waals surface area contributed by atoms with Gasteiger partial charge in [0.1, 0.15) is 12.0 Å². The normalized spacial score (nSPS) is 18.7. The first-order valence-electron chi connectivity index (χ1n) is 3.63. The van der Waals surface area contributed by atoms with Crippen molar-refractivity contribution in [2.24, 2.45) is 0 Å². The average molecular weight is 168 g/mol. The minimum Gasteiger partial charge on any atom is -0.465 e. The van der Waals surface area contributed by atoms with E-state index in [1.807, 2.05) is 0 Å². The van der Waals surface area contributed by atoms with E-state index in [0.717, 1.165) is 12.8 Å². The van der Waals surface area contributed by atoms with E-state index in [2.05, 4.69) is 10.3 Å². The maximum absolute atomic E-state index is 10.4. The predicted molar refractivity (Wildman–Crippen MR) is 38.6 cm³/mol. The zero-order valence-corrected chi connectivity index (χ0v) is 6.28. The Morgan fingerprint density at radius 2 is 2.50 bits per heavy atom. The Hall–Kier alpha value is -1.52. The van der Waals surface area contributed by atoms with Crippen LogP contribution in [0.2, 0.25) is 0 Å². The first-order valence-corrected chi connectivity index (χ1v) is 3.63. The second-order valence-electron chi connectivity index (χ2n) is 2.89. The van der Waals surface area contributed by atoms with Crippen molar-refractivity contribution in [1.29, 1.82) is 0 Å². The number of carboxylic acid groups (broad SMARTS) is 1. The standard InChI is InChI=1S/C7H8N2O3/c10-6(11)9-7(1-2-7)5-3-12-4-8-5/h3-4,9H,1-2H2,(H,10,11). The third kappa shape index (κ3) is 1.03. The zero-order valence-electron chi connectivity index (χ0n) is 6.28. The van der Waals surface area contributed by atoms with Crippen molar-refractivity contribution in [3.05, 3.63) is 18.4 Å². The van der Waals surface area contributed by atoms with Crippen molar-refractivity contribution in [3.63, 3.8) is 0 Å². The fourth-order valence-corrected chi connectivity index (χ4v) is 1.22. The highest BCUT2D eigenvalue weighted by atomic mass is 16.4. The third-order valence-electron chi connectivity index (χ3n) is 2.02. The lowest BCUT2D eigenvalue weighted by molar-refractivity contribution is 0.188. The molecule has 5 heteroatoms. The first-order chi connectivity index (χ1) is 5.73. The summed E-state index contributed by atoms with van der Waals surface area (Å²) in [6.07, 6.45) is 3.36. The molecule has 1 amide bonds. The molecule has 2 rings (SSSR count). The molecule has 64 valence electrons. The lowest BCUT2D eigenvalue weighted by Gasteiger charge is -2.10. The van der Waals surface area contributed by atoms with Gasteiger partial charge in [0, 0.05) is 0 Å². The second kappa shape index (κ2) is 2.23. The molecule has 1 aromatic rings. The number of oxazole rings is 1. The number of carbonyl (C=O) groups is 1. The SMILES string of the molecule is O=C(O)NC1(c2cocn2)CC1. The molecule has 0 spiro atoms. The Labute approximate surface area is 68.4 Å². The van der Waals surface area contributed by atoms with Crippen molar-refractivity contribution in [3.8, 4) is 0 Å². The number of hydrogen-bond donors (Lipinski definition) is 2. The maximum atomic E-state index is 10.4. The van der Waals surface area contributed by atoms with Crippen molar-refractivity contribution in [2.45, 2.75) is 18.4 Å². The van der Waals surface area contributed by atoms with E-state index in [0.29, 0.717) is 5.69 Å². The molecule has 0 aromatic carbocycles. The summed E-state index contributed by atoms with van der Waals surface area (Å²) in [5.41, 5.74) is 0.212. The van der Waals surface area contributed by atoms with Crippen LogP contribution in [0.1, 0.15) is 18.5 Å². The highest BCUT2D eigenvalue weighted by Crippen LogP contribution is 2.44. The lowest BCUT2D eigenvalue weighted by atomic mass is 10.2. The Kier molecular flexibility index (Phi) is 1.33. The van der Waals surface area contributed by atoms with Gasteiger partial charge < -0.3 is 14.8 Å². The number of amides is 1. The van der Waals surface area contributed by atoms with Crippen LogP contribution in [0.4, 0.5) is 4.79 Å². The Morgan fingerprint density at radius 1 is 1.75 bits per heavy atom. The highest BCUT2D eigenvalue weighted by molar-refractivity contribution is 5.66. The van der Waals surface area contributed by atoms with Crippen LogP contribution in [0, 0.1) is 0 Å². The first kappa shape index (κ1) is 7.15. The van der Waals surface area contributed by atoms with Crippen LogP contribution in [0.3, 0.4) is 0 Å². The molecule has 12 heavy (non-hydrogen) atoms. The van der Waals surface area contributed by atoms with Crippen LogP contribution < -0.4 is 5.32 Å². The quantitative estimate of drug-likeness (QED) is 0.688. The molecule has 1 aliphatic carbocycles. The van der Waals surface area contributed by atoms with Crippen molar-refractivity contribution in [1.82, 2.24) is 10.3 Å². The number of hydrogen-bond acceptors (Lipinski definition) is 3. The predicted octanol–water partition coefficient (Wildman–Crippen LogP) is 0.931. The summed E-state index contributed by atoms with van der Waals surface area (Å²) in [4.78, 5) is 14.3. The fraction of sp³-hybridized carbons (Fsp3) is 0.429. The summed E-state index contributed by atoms with van der Waals surface area (Å²) in [6, 6.07) is 0. The van der Waals surface area contributed by atoms with Crippen molar-refractivity contribution in [2.75, 3.05) is 0 Å². The molecule has 0 saturated heterocycles. The van der Waals surface area contributed by atoms with Crippen LogP contribution in [-0.2, 0) is 5.54 Å². The summed E-state index contributed by atoms with van der Waals surface area (Å²) in [5.74, 6) is 0.